The summed E-state index contributed by atoms with van der Waals surface area (Å²) >= 11 is 0. The van der Waals surface area contributed by atoms with Crippen molar-refractivity contribution in [2.75, 3.05) is 7.11 Å². The molecule has 0 aliphatic rings. The van der Waals surface area contributed by atoms with Gasteiger partial charge in [-0.2, -0.15) is 0 Å². The monoisotopic (exact) mass is 326 g/mol. The van der Waals surface area contributed by atoms with Crippen LogP contribution in [0, 0.1) is 0 Å². The molecule has 0 radical (unpaired) electrons. The highest BCUT2D eigenvalue weighted by atomic mass is 16.5. The third kappa shape index (κ3) is 4.56. The van der Waals surface area contributed by atoms with Crippen molar-refractivity contribution in [2.45, 2.75) is 20.3 Å². The summed E-state index contributed by atoms with van der Waals surface area (Å²) in [5, 5.41) is 29.2. The van der Waals surface area contributed by atoms with E-state index in [1.54, 1.807) is 30.4 Å². The van der Waals surface area contributed by atoms with Crippen molar-refractivity contribution < 1.29 is 20.1 Å². The topological polar surface area (TPSA) is 69.9 Å². The van der Waals surface area contributed by atoms with E-state index < -0.39 is 0 Å². The molecule has 0 bridgehead atoms. The number of benzene rings is 2. The van der Waals surface area contributed by atoms with E-state index in [4.69, 9.17) is 4.74 Å². The van der Waals surface area contributed by atoms with Crippen LogP contribution >= 0.6 is 0 Å². The van der Waals surface area contributed by atoms with Crippen LogP contribution in [0.2, 0.25) is 0 Å². The maximum absolute atomic E-state index is 10.2. The lowest BCUT2D eigenvalue weighted by Gasteiger charge is -2.10. The molecule has 2 aromatic rings. The third-order valence-corrected chi connectivity index (χ3v) is 3.50. The average Bonchev–Trinajstić information content (AvgIpc) is 2.49. The van der Waals surface area contributed by atoms with E-state index in [0.717, 1.165) is 11.1 Å². The summed E-state index contributed by atoms with van der Waals surface area (Å²) in [6, 6.07) is 7.92. The Labute approximate surface area is 142 Å². The Balaban J connectivity index is 2.36. The highest BCUT2D eigenvalue weighted by molar-refractivity contribution is 5.72. The van der Waals surface area contributed by atoms with Gasteiger partial charge < -0.3 is 20.1 Å². The summed E-state index contributed by atoms with van der Waals surface area (Å²) in [6.07, 6.45) is 6.29. The summed E-state index contributed by atoms with van der Waals surface area (Å²) in [7, 11) is 1.53. The predicted molar refractivity (Wildman–Crippen MR) is 96.5 cm³/mol. The molecule has 4 heteroatoms. The van der Waals surface area contributed by atoms with Gasteiger partial charge in [-0.25, -0.2) is 0 Å². The highest BCUT2D eigenvalue weighted by Gasteiger charge is 2.09. The largest absolute Gasteiger partial charge is 0.508 e. The van der Waals surface area contributed by atoms with Crippen LogP contribution in [0.3, 0.4) is 0 Å². The fourth-order valence-electron chi connectivity index (χ4n) is 2.40. The summed E-state index contributed by atoms with van der Waals surface area (Å²) in [5.74, 6) is 0.545. The minimum Gasteiger partial charge on any atom is -0.508 e. The summed E-state index contributed by atoms with van der Waals surface area (Å²) in [5.41, 5.74) is 3.53. The second-order valence-electron chi connectivity index (χ2n) is 5.83. The first-order chi connectivity index (χ1) is 11.4. The van der Waals surface area contributed by atoms with E-state index >= 15 is 0 Å². The first kappa shape index (κ1) is 17.5. The van der Waals surface area contributed by atoms with E-state index in [2.05, 4.69) is 6.08 Å². The van der Waals surface area contributed by atoms with Gasteiger partial charge in [-0.3, -0.25) is 0 Å². The Hall–Kier alpha value is -2.88. The van der Waals surface area contributed by atoms with Crippen LogP contribution < -0.4 is 4.74 Å². The van der Waals surface area contributed by atoms with Crippen LogP contribution in [0.4, 0.5) is 0 Å². The van der Waals surface area contributed by atoms with Gasteiger partial charge in [0, 0.05) is 11.6 Å². The van der Waals surface area contributed by atoms with Crippen molar-refractivity contribution in [3.8, 4) is 23.0 Å². The quantitative estimate of drug-likeness (QED) is 0.559. The van der Waals surface area contributed by atoms with Gasteiger partial charge in [-0.15, -0.1) is 0 Å². The normalized spacial score (nSPS) is 10.8. The van der Waals surface area contributed by atoms with E-state index in [1.807, 2.05) is 19.9 Å². The average molecular weight is 326 g/mol. The Morgan fingerprint density at radius 2 is 1.50 bits per heavy atom. The smallest absolute Gasteiger partial charge is 0.164 e. The number of methoxy groups -OCH3 is 1. The number of hydrogen-bond donors (Lipinski definition) is 3. The zero-order chi connectivity index (χ0) is 17.7. The summed E-state index contributed by atoms with van der Waals surface area (Å²) in [4.78, 5) is 0. The van der Waals surface area contributed by atoms with Gasteiger partial charge >= 0.3 is 0 Å². The lowest BCUT2D eigenvalue weighted by atomic mass is 10.0. The summed E-state index contributed by atoms with van der Waals surface area (Å²) in [6.45, 7) is 4.04. The molecule has 3 N–H and O–H groups in total. The van der Waals surface area contributed by atoms with E-state index in [9.17, 15) is 15.3 Å². The minimum absolute atomic E-state index is 0.00326. The molecule has 0 heterocycles. The third-order valence-electron chi connectivity index (χ3n) is 3.50. The number of rotatable bonds is 5. The maximum atomic E-state index is 10.2. The molecule has 0 saturated heterocycles. The number of phenolic OH excluding ortho intramolecular Hbond substituents is 3. The Kier molecular flexibility index (Phi) is 5.53. The summed E-state index contributed by atoms with van der Waals surface area (Å²) < 4.78 is 5.29. The Morgan fingerprint density at radius 1 is 0.917 bits per heavy atom. The molecule has 2 aromatic carbocycles. The molecule has 0 aliphatic carbocycles. The molecule has 0 spiro atoms. The van der Waals surface area contributed by atoms with Gasteiger partial charge in [0.05, 0.1) is 7.11 Å². The molecule has 0 atom stereocenters. The molecule has 0 unspecified atom stereocenters. The molecule has 0 saturated carbocycles. The lowest BCUT2D eigenvalue weighted by molar-refractivity contribution is 0.370. The molecule has 126 valence electrons. The van der Waals surface area contributed by atoms with Crippen LogP contribution in [0.1, 0.15) is 30.5 Å². The maximum Gasteiger partial charge on any atom is 0.164 e. The molecule has 0 fully saturated rings. The van der Waals surface area contributed by atoms with Crippen LogP contribution in [-0.2, 0) is 6.42 Å². The van der Waals surface area contributed by atoms with Crippen LogP contribution in [0.5, 0.6) is 23.0 Å². The van der Waals surface area contributed by atoms with Gasteiger partial charge in [0.1, 0.15) is 11.5 Å². The molecule has 4 nitrogen and oxygen atoms in total. The van der Waals surface area contributed by atoms with E-state index in [-0.39, 0.29) is 17.2 Å². The number of ether oxygens (including phenoxy) is 1. The Bertz CT molecular complexity index is 764. The predicted octanol–water partition coefficient (Wildman–Crippen LogP) is 4.49. The number of hydrogen-bond acceptors (Lipinski definition) is 4. The van der Waals surface area contributed by atoms with Crippen molar-refractivity contribution >= 4 is 12.2 Å². The molecule has 0 amide bonds. The van der Waals surface area contributed by atoms with Crippen molar-refractivity contribution in [2.24, 2.45) is 0 Å². The fraction of sp³-hybridized carbons (Fsp3) is 0.200. The van der Waals surface area contributed by atoms with Gasteiger partial charge in [0.25, 0.3) is 0 Å². The fourth-order valence-corrected chi connectivity index (χ4v) is 2.40. The zero-order valence-electron chi connectivity index (χ0n) is 14.1. The first-order valence-electron chi connectivity index (χ1n) is 7.63. The molecule has 24 heavy (non-hydrogen) atoms. The first-order valence-corrected chi connectivity index (χ1v) is 7.63. The number of phenols is 3. The van der Waals surface area contributed by atoms with Gasteiger partial charge in [0.15, 0.2) is 11.5 Å². The molecule has 2 rings (SSSR count). The van der Waals surface area contributed by atoms with Crippen LogP contribution in [-0.4, -0.2) is 22.4 Å². The van der Waals surface area contributed by atoms with Crippen LogP contribution in [0.25, 0.3) is 12.2 Å². The van der Waals surface area contributed by atoms with Crippen molar-refractivity contribution in [1.82, 2.24) is 0 Å². The number of aromatic hydroxyl groups is 3. The molecule has 0 aromatic heterocycles. The SMILES string of the molecule is COc1c(O)cc(/C=C/c2cc(O)cc(O)c2)cc1CC=C(C)C. The van der Waals surface area contributed by atoms with Gasteiger partial charge in [-0.1, -0.05) is 23.8 Å². The van der Waals surface area contributed by atoms with E-state index in [0.29, 0.717) is 17.7 Å². The lowest BCUT2D eigenvalue weighted by Crippen LogP contribution is -1.93. The second-order valence-corrected chi connectivity index (χ2v) is 5.83. The zero-order valence-corrected chi connectivity index (χ0v) is 14.1. The second kappa shape index (κ2) is 7.59. The van der Waals surface area contributed by atoms with Crippen LogP contribution in [0.15, 0.2) is 42.0 Å². The minimum atomic E-state index is -0.00326. The Morgan fingerprint density at radius 3 is 2.04 bits per heavy atom. The van der Waals surface area contributed by atoms with E-state index in [1.165, 1.54) is 18.7 Å². The standard InChI is InChI=1S/C20H22O4/c1-13(2)4-7-16-8-14(11-19(23)20(16)24-3)5-6-15-9-17(21)12-18(22)10-15/h4-6,8-12,21-23H,7H2,1-3H3/b6-5+. The van der Waals surface area contributed by atoms with Gasteiger partial charge in [-0.05, 0) is 55.7 Å². The van der Waals surface area contributed by atoms with Crippen molar-refractivity contribution in [3.63, 3.8) is 0 Å². The van der Waals surface area contributed by atoms with Crippen molar-refractivity contribution in [3.05, 3.63) is 58.7 Å². The number of allylic oxidation sites excluding steroid dienone is 2. The van der Waals surface area contributed by atoms with Gasteiger partial charge in [0.2, 0.25) is 0 Å². The van der Waals surface area contributed by atoms with Crippen molar-refractivity contribution in [1.29, 1.82) is 0 Å². The molecular weight excluding hydrogens is 304 g/mol. The highest BCUT2D eigenvalue weighted by Crippen LogP contribution is 2.33. The molecular formula is C20H22O4. The molecule has 0 aliphatic heterocycles.